The van der Waals surface area contributed by atoms with E-state index in [1.54, 1.807) is 24.3 Å². The Kier molecular flexibility index (Phi) is 6.72. The van der Waals surface area contributed by atoms with E-state index in [-0.39, 0.29) is 23.3 Å². The number of carbonyl (C=O) groups excluding carboxylic acids is 1. The van der Waals surface area contributed by atoms with E-state index in [4.69, 9.17) is 5.26 Å². The highest BCUT2D eigenvalue weighted by Crippen LogP contribution is 2.31. The molecule has 1 aromatic carbocycles. The summed E-state index contributed by atoms with van der Waals surface area (Å²) in [7, 11) is -3.45. The van der Waals surface area contributed by atoms with Gasteiger partial charge in [-0.05, 0) is 43.9 Å². The number of aromatic nitrogens is 1. The van der Waals surface area contributed by atoms with E-state index in [2.05, 4.69) is 21.1 Å². The Morgan fingerprint density at radius 1 is 1.36 bits per heavy atom. The van der Waals surface area contributed by atoms with Gasteiger partial charge in [-0.15, -0.1) is 0 Å². The van der Waals surface area contributed by atoms with Gasteiger partial charge >= 0.3 is 0 Å². The lowest BCUT2D eigenvalue weighted by molar-refractivity contribution is -0.116. The first-order chi connectivity index (χ1) is 13.4. The zero-order chi connectivity index (χ0) is 20.1. The van der Waals surface area contributed by atoms with Crippen LogP contribution in [0.1, 0.15) is 30.5 Å². The second-order valence-corrected chi connectivity index (χ2v) is 10.4. The van der Waals surface area contributed by atoms with Crippen LogP contribution in [-0.4, -0.2) is 31.1 Å². The third-order valence-corrected chi connectivity index (χ3v) is 7.88. The largest absolute Gasteiger partial charge is 0.302 e. The zero-order valence-corrected chi connectivity index (χ0v) is 17.7. The van der Waals surface area contributed by atoms with E-state index in [9.17, 15) is 13.2 Å². The standard InChI is InChI=1S/C18H20N4O3S3/c1-12-17(26-11-10-19)27-18(20-12)21-16(23)9-4-13-2-7-15(8-3-13)28(24,25)22-14-5-6-14/h2-3,7-8,14,22H,4-6,9,11H2,1H3,(H,20,21,23). The summed E-state index contributed by atoms with van der Waals surface area (Å²) in [6, 6.07) is 8.75. The number of aryl methyl sites for hydroxylation is 2. The van der Waals surface area contributed by atoms with Crippen LogP contribution in [0, 0.1) is 18.3 Å². The molecule has 0 unspecified atom stereocenters. The highest BCUT2D eigenvalue weighted by molar-refractivity contribution is 8.01. The van der Waals surface area contributed by atoms with Gasteiger partial charge in [-0.1, -0.05) is 35.2 Å². The summed E-state index contributed by atoms with van der Waals surface area (Å²) in [5, 5.41) is 12.0. The molecular formula is C18H20N4O3S3. The first kappa shape index (κ1) is 20.8. The first-order valence-corrected chi connectivity index (χ1v) is 12.0. The molecule has 1 fully saturated rings. The van der Waals surface area contributed by atoms with Crippen molar-refractivity contribution in [3.8, 4) is 6.07 Å². The second-order valence-electron chi connectivity index (χ2n) is 6.43. The predicted octanol–water partition coefficient (Wildman–Crippen LogP) is 3.08. The average Bonchev–Trinajstić information content (AvgIpc) is 3.39. The molecule has 1 amide bonds. The van der Waals surface area contributed by atoms with Crippen LogP contribution < -0.4 is 10.0 Å². The summed E-state index contributed by atoms with van der Waals surface area (Å²) in [6.07, 6.45) is 2.56. The molecule has 0 saturated heterocycles. The summed E-state index contributed by atoms with van der Waals surface area (Å²) in [5.41, 5.74) is 1.69. The van der Waals surface area contributed by atoms with Gasteiger partial charge in [0.05, 0.1) is 26.6 Å². The van der Waals surface area contributed by atoms with E-state index >= 15 is 0 Å². The Morgan fingerprint density at radius 3 is 2.71 bits per heavy atom. The van der Waals surface area contributed by atoms with E-state index in [1.807, 2.05) is 6.92 Å². The summed E-state index contributed by atoms with van der Waals surface area (Å²) < 4.78 is 27.9. The fourth-order valence-corrected chi connectivity index (χ4v) is 5.55. The number of benzene rings is 1. The Morgan fingerprint density at radius 2 is 2.07 bits per heavy atom. The monoisotopic (exact) mass is 436 g/mol. The fourth-order valence-electron chi connectivity index (χ4n) is 2.43. The van der Waals surface area contributed by atoms with Gasteiger partial charge in [-0.2, -0.15) is 5.26 Å². The highest BCUT2D eigenvalue weighted by Gasteiger charge is 2.27. The van der Waals surface area contributed by atoms with Crippen LogP contribution in [0.25, 0.3) is 0 Å². The number of nitrogens with zero attached hydrogens (tertiary/aromatic N) is 2. The Hall–Kier alpha value is -1.93. The van der Waals surface area contributed by atoms with Crippen molar-refractivity contribution in [3.63, 3.8) is 0 Å². The molecule has 7 nitrogen and oxygen atoms in total. The molecule has 3 rings (SSSR count). The molecule has 0 radical (unpaired) electrons. The number of rotatable bonds is 9. The van der Waals surface area contributed by atoms with Crippen molar-refractivity contribution >= 4 is 44.2 Å². The molecule has 2 aromatic rings. The van der Waals surface area contributed by atoms with E-state index in [0.29, 0.717) is 17.3 Å². The lowest BCUT2D eigenvalue weighted by Gasteiger charge is -2.07. The molecule has 1 aliphatic rings. The molecule has 0 atom stereocenters. The van der Waals surface area contributed by atoms with Crippen molar-refractivity contribution in [3.05, 3.63) is 35.5 Å². The van der Waals surface area contributed by atoms with Crippen LogP contribution in [0.3, 0.4) is 0 Å². The summed E-state index contributed by atoms with van der Waals surface area (Å²) >= 11 is 2.76. The molecule has 0 aliphatic heterocycles. The molecule has 148 valence electrons. The number of thiazole rings is 1. The minimum absolute atomic E-state index is 0.0710. The van der Waals surface area contributed by atoms with Crippen LogP contribution in [0.2, 0.25) is 0 Å². The Bertz CT molecular complexity index is 990. The SMILES string of the molecule is Cc1nc(NC(=O)CCc2ccc(S(=O)(=O)NC3CC3)cc2)sc1SCC#N. The molecule has 0 bridgehead atoms. The van der Waals surface area contributed by atoms with E-state index in [1.165, 1.54) is 23.1 Å². The number of sulfonamides is 1. The average molecular weight is 437 g/mol. The van der Waals surface area contributed by atoms with Gasteiger partial charge in [0, 0.05) is 12.5 Å². The number of amides is 1. The molecule has 1 heterocycles. The third-order valence-electron chi connectivity index (χ3n) is 4.04. The summed E-state index contributed by atoms with van der Waals surface area (Å²) in [5.74, 6) is 0.191. The van der Waals surface area contributed by atoms with Crippen LogP contribution >= 0.6 is 23.1 Å². The maximum Gasteiger partial charge on any atom is 0.240 e. The number of carbonyl (C=O) groups is 1. The Balaban J connectivity index is 1.51. The van der Waals surface area contributed by atoms with Crippen LogP contribution in [0.4, 0.5) is 5.13 Å². The number of nitriles is 1. The topological polar surface area (TPSA) is 112 Å². The van der Waals surface area contributed by atoms with Gasteiger partial charge in [-0.25, -0.2) is 18.1 Å². The van der Waals surface area contributed by atoms with Crippen molar-refractivity contribution < 1.29 is 13.2 Å². The lowest BCUT2D eigenvalue weighted by atomic mass is 10.1. The van der Waals surface area contributed by atoms with Crippen molar-refractivity contribution in [2.24, 2.45) is 0 Å². The van der Waals surface area contributed by atoms with Gasteiger partial charge in [0.25, 0.3) is 0 Å². The maximum atomic E-state index is 12.2. The number of thioether (sulfide) groups is 1. The Labute approximate surface area is 172 Å². The van der Waals surface area contributed by atoms with Crippen LogP contribution in [0.15, 0.2) is 33.4 Å². The minimum atomic E-state index is -3.45. The molecule has 1 aliphatic carbocycles. The fraction of sp³-hybridized carbons (Fsp3) is 0.389. The molecule has 1 aromatic heterocycles. The smallest absolute Gasteiger partial charge is 0.240 e. The number of hydrogen-bond acceptors (Lipinski definition) is 7. The maximum absolute atomic E-state index is 12.2. The number of anilines is 1. The minimum Gasteiger partial charge on any atom is -0.302 e. The normalized spacial score (nSPS) is 13.9. The van der Waals surface area contributed by atoms with Gasteiger partial charge in [0.15, 0.2) is 5.13 Å². The van der Waals surface area contributed by atoms with Crippen molar-refractivity contribution in [2.45, 2.75) is 47.8 Å². The first-order valence-electron chi connectivity index (χ1n) is 8.75. The van der Waals surface area contributed by atoms with Crippen LogP contribution in [0.5, 0.6) is 0 Å². The zero-order valence-electron chi connectivity index (χ0n) is 15.3. The number of hydrogen-bond donors (Lipinski definition) is 2. The third kappa shape index (κ3) is 5.78. The molecule has 10 heteroatoms. The second kappa shape index (κ2) is 9.05. The molecule has 1 saturated carbocycles. The van der Waals surface area contributed by atoms with Crippen molar-refractivity contribution in [1.82, 2.24) is 9.71 Å². The molecule has 2 N–H and O–H groups in total. The van der Waals surface area contributed by atoms with Gasteiger partial charge in [0.2, 0.25) is 15.9 Å². The molecule has 0 spiro atoms. The predicted molar refractivity (Wildman–Crippen MR) is 110 cm³/mol. The summed E-state index contributed by atoms with van der Waals surface area (Å²) in [6.45, 7) is 1.85. The highest BCUT2D eigenvalue weighted by atomic mass is 32.2. The molecule has 28 heavy (non-hydrogen) atoms. The van der Waals surface area contributed by atoms with Gasteiger partial charge < -0.3 is 5.32 Å². The van der Waals surface area contributed by atoms with Gasteiger partial charge in [0.1, 0.15) is 0 Å². The van der Waals surface area contributed by atoms with Crippen LogP contribution in [-0.2, 0) is 21.2 Å². The molecular weight excluding hydrogens is 416 g/mol. The van der Waals surface area contributed by atoms with Crippen molar-refractivity contribution in [1.29, 1.82) is 5.26 Å². The van der Waals surface area contributed by atoms with Crippen molar-refractivity contribution in [2.75, 3.05) is 11.1 Å². The van der Waals surface area contributed by atoms with Gasteiger partial charge in [-0.3, -0.25) is 4.79 Å². The lowest BCUT2D eigenvalue weighted by Crippen LogP contribution is -2.25. The van der Waals surface area contributed by atoms with E-state index < -0.39 is 10.0 Å². The summed E-state index contributed by atoms with van der Waals surface area (Å²) in [4.78, 5) is 16.7. The quantitative estimate of drug-likeness (QED) is 0.584. The number of nitrogens with one attached hydrogen (secondary N) is 2. The van der Waals surface area contributed by atoms with E-state index in [0.717, 1.165) is 28.3 Å².